The molecule has 0 aromatic heterocycles. The van der Waals surface area contributed by atoms with Crippen molar-refractivity contribution in [2.45, 2.75) is 30.6 Å². The molecule has 7 heteroatoms. The normalized spacial score (nSPS) is 12.5. The Labute approximate surface area is 137 Å². The molecule has 124 valence electrons. The zero-order valence-corrected chi connectivity index (χ0v) is 14.9. The predicted molar refractivity (Wildman–Crippen MR) is 89.1 cm³/mol. The Morgan fingerprint density at radius 3 is 1.26 bits per heavy atom. The molecule has 5 nitrogen and oxygen atoms in total. The van der Waals surface area contributed by atoms with Gasteiger partial charge >= 0.3 is 0 Å². The van der Waals surface area contributed by atoms with E-state index in [2.05, 4.69) is 0 Å². The van der Waals surface area contributed by atoms with Crippen LogP contribution in [0.25, 0.3) is 0 Å². The van der Waals surface area contributed by atoms with Gasteiger partial charge in [-0.2, -0.15) is 0 Å². The molecule has 0 saturated carbocycles. The second kappa shape index (κ2) is 6.43. The van der Waals surface area contributed by atoms with Crippen molar-refractivity contribution in [3.05, 3.63) is 59.7 Å². The lowest BCUT2D eigenvalue weighted by Gasteiger charge is -2.20. The minimum Gasteiger partial charge on any atom is -0.206 e. The highest BCUT2D eigenvalue weighted by atomic mass is 32.3. The minimum absolute atomic E-state index is 0.0411. The van der Waals surface area contributed by atoms with Crippen molar-refractivity contribution in [2.24, 2.45) is 0 Å². The molecule has 0 spiro atoms. The molecule has 0 bridgehead atoms. The van der Waals surface area contributed by atoms with Crippen LogP contribution < -0.4 is 0 Å². The maximum absolute atomic E-state index is 12.7. The summed E-state index contributed by atoms with van der Waals surface area (Å²) >= 11 is 0. The van der Waals surface area contributed by atoms with E-state index in [1.807, 2.05) is 13.8 Å². The van der Waals surface area contributed by atoms with Crippen LogP contribution in [0.3, 0.4) is 0 Å². The summed E-state index contributed by atoms with van der Waals surface area (Å²) in [4.78, 5) is -0.0822. The predicted octanol–water partition coefficient (Wildman–Crippen LogP) is 2.70. The number of hydrogen-bond donors (Lipinski definition) is 0. The van der Waals surface area contributed by atoms with Gasteiger partial charge in [0.1, 0.15) is 0 Å². The minimum atomic E-state index is -4.14. The van der Waals surface area contributed by atoms with Crippen LogP contribution in [-0.2, 0) is 20.0 Å². The average molecular weight is 353 g/mol. The van der Waals surface area contributed by atoms with Crippen molar-refractivity contribution in [3.8, 4) is 0 Å². The summed E-state index contributed by atoms with van der Waals surface area (Å²) in [5.74, 6) is 0. The molecule has 0 aliphatic heterocycles. The van der Waals surface area contributed by atoms with Gasteiger partial charge in [-0.15, -0.1) is 0 Å². The van der Waals surface area contributed by atoms with E-state index in [4.69, 9.17) is 0 Å². The van der Waals surface area contributed by atoms with Crippen LogP contribution in [0, 0.1) is 13.8 Å². The highest BCUT2D eigenvalue weighted by Crippen LogP contribution is 2.24. The Hall–Kier alpha value is -1.70. The van der Waals surface area contributed by atoms with Crippen LogP contribution in [0.5, 0.6) is 0 Å². The van der Waals surface area contributed by atoms with Crippen LogP contribution in [0.2, 0.25) is 0 Å². The molecule has 23 heavy (non-hydrogen) atoms. The Balaban J connectivity index is 2.53. The van der Waals surface area contributed by atoms with E-state index in [0.29, 0.717) is 3.71 Å². The van der Waals surface area contributed by atoms with Crippen molar-refractivity contribution in [1.29, 1.82) is 0 Å². The first kappa shape index (κ1) is 17.7. The maximum Gasteiger partial charge on any atom is 0.256 e. The van der Waals surface area contributed by atoms with Gasteiger partial charge in [-0.25, -0.2) is 16.8 Å². The Bertz CT molecular complexity index is 809. The third kappa shape index (κ3) is 3.46. The van der Waals surface area contributed by atoms with Crippen LogP contribution in [0.1, 0.15) is 18.1 Å². The first-order chi connectivity index (χ1) is 10.7. The smallest absolute Gasteiger partial charge is 0.206 e. The summed E-state index contributed by atoms with van der Waals surface area (Å²) in [5.41, 5.74) is 1.79. The zero-order chi connectivity index (χ0) is 17.3. The molecule has 0 heterocycles. The van der Waals surface area contributed by atoms with Crippen LogP contribution >= 0.6 is 0 Å². The Morgan fingerprint density at radius 2 is 1.00 bits per heavy atom. The van der Waals surface area contributed by atoms with E-state index in [9.17, 15) is 16.8 Å². The van der Waals surface area contributed by atoms with E-state index in [1.54, 1.807) is 24.3 Å². The zero-order valence-electron chi connectivity index (χ0n) is 13.2. The summed E-state index contributed by atoms with van der Waals surface area (Å²) < 4.78 is 51.4. The molecule has 0 fully saturated rings. The van der Waals surface area contributed by atoms with Crippen molar-refractivity contribution in [3.63, 3.8) is 0 Å². The van der Waals surface area contributed by atoms with E-state index in [1.165, 1.54) is 31.2 Å². The van der Waals surface area contributed by atoms with E-state index in [-0.39, 0.29) is 16.3 Å². The highest BCUT2D eigenvalue weighted by Gasteiger charge is 2.35. The SMILES string of the molecule is CCN(S(=O)(=O)c1ccc(C)cc1)S(=O)(=O)c1ccc(C)cc1. The van der Waals surface area contributed by atoms with Gasteiger partial charge in [0.25, 0.3) is 20.0 Å². The quantitative estimate of drug-likeness (QED) is 0.828. The standard InChI is InChI=1S/C16H19NO4S2/c1-4-17(22(18,19)15-9-5-13(2)6-10-15)23(20,21)16-11-7-14(3)8-12-16/h5-12H,4H2,1-3H3. The summed E-state index contributed by atoms with van der Waals surface area (Å²) in [6.45, 7) is 4.98. The number of sulfonamides is 2. The van der Waals surface area contributed by atoms with Gasteiger partial charge < -0.3 is 0 Å². The third-order valence-electron chi connectivity index (χ3n) is 3.43. The first-order valence-electron chi connectivity index (χ1n) is 7.11. The lowest BCUT2D eigenvalue weighted by Crippen LogP contribution is -2.36. The van der Waals surface area contributed by atoms with Crippen molar-refractivity contribution in [1.82, 2.24) is 3.71 Å². The fourth-order valence-corrected chi connectivity index (χ4v) is 5.78. The lowest BCUT2D eigenvalue weighted by atomic mass is 10.2. The largest absolute Gasteiger partial charge is 0.256 e. The van der Waals surface area contributed by atoms with Crippen LogP contribution in [0.4, 0.5) is 0 Å². The van der Waals surface area contributed by atoms with Gasteiger partial charge in [0.15, 0.2) is 0 Å². The molecule has 0 aliphatic carbocycles. The van der Waals surface area contributed by atoms with E-state index < -0.39 is 20.0 Å². The molecule has 0 saturated heterocycles. The molecule has 2 aromatic rings. The fourth-order valence-electron chi connectivity index (χ4n) is 2.12. The molecule has 0 amide bonds. The average Bonchev–Trinajstić information content (AvgIpc) is 2.48. The van der Waals surface area contributed by atoms with Crippen LogP contribution in [-0.4, -0.2) is 27.1 Å². The summed E-state index contributed by atoms with van der Waals surface area (Å²) in [5, 5.41) is 0. The fraction of sp³-hybridized carbons (Fsp3) is 0.250. The maximum atomic E-state index is 12.7. The first-order valence-corrected chi connectivity index (χ1v) is 9.99. The van der Waals surface area contributed by atoms with Gasteiger partial charge in [0.2, 0.25) is 0 Å². The van der Waals surface area contributed by atoms with E-state index in [0.717, 1.165) is 11.1 Å². The third-order valence-corrected chi connectivity index (χ3v) is 7.93. The number of benzene rings is 2. The number of hydrogen-bond acceptors (Lipinski definition) is 4. The summed E-state index contributed by atoms with van der Waals surface area (Å²) in [6, 6.07) is 12.2. The molecule has 0 radical (unpaired) electrons. The Kier molecular flexibility index (Phi) is 4.93. The van der Waals surface area contributed by atoms with Gasteiger partial charge in [-0.3, -0.25) is 0 Å². The number of aryl methyl sites for hydroxylation is 2. The molecule has 0 unspecified atom stereocenters. The molecule has 0 aliphatic rings. The second-order valence-electron chi connectivity index (χ2n) is 5.23. The van der Waals surface area contributed by atoms with Gasteiger partial charge in [-0.05, 0) is 38.1 Å². The number of nitrogens with zero attached hydrogens (tertiary/aromatic N) is 1. The molecule has 2 aromatic carbocycles. The topological polar surface area (TPSA) is 71.5 Å². The molecule has 0 atom stereocenters. The molecule has 0 N–H and O–H groups in total. The van der Waals surface area contributed by atoms with Gasteiger partial charge in [0, 0.05) is 6.54 Å². The molecule has 2 rings (SSSR count). The van der Waals surface area contributed by atoms with Crippen molar-refractivity contribution >= 4 is 20.0 Å². The van der Waals surface area contributed by atoms with Gasteiger partial charge in [0.05, 0.1) is 9.79 Å². The van der Waals surface area contributed by atoms with E-state index >= 15 is 0 Å². The number of rotatable bonds is 5. The summed E-state index contributed by atoms with van der Waals surface area (Å²) in [6.07, 6.45) is 0. The summed E-state index contributed by atoms with van der Waals surface area (Å²) in [7, 11) is -8.28. The van der Waals surface area contributed by atoms with Crippen molar-refractivity contribution < 1.29 is 16.8 Å². The monoisotopic (exact) mass is 353 g/mol. The second-order valence-corrected chi connectivity index (χ2v) is 9.18. The van der Waals surface area contributed by atoms with Gasteiger partial charge in [-0.1, -0.05) is 46.0 Å². The molecular weight excluding hydrogens is 334 g/mol. The van der Waals surface area contributed by atoms with Crippen molar-refractivity contribution in [2.75, 3.05) is 6.54 Å². The lowest BCUT2D eigenvalue weighted by molar-refractivity contribution is 0.506. The highest BCUT2D eigenvalue weighted by molar-refractivity contribution is 8.04. The molecular formula is C16H19NO4S2. The Morgan fingerprint density at radius 1 is 0.696 bits per heavy atom. The van der Waals surface area contributed by atoms with Crippen LogP contribution in [0.15, 0.2) is 58.3 Å².